The van der Waals surface area contributed by atoms with Crippen LogP contribution in [0.4, 0.5) is 0 Å². The first-order valence-electron chi connectivity index (χ1n) is 3.91. The summed E-state index contributed by atoms with van der Waals surface area (Å²) in [6, 6.07) is 0. The van der Waals surface area contributed by atoms with E-state index in [2.05, 4.69) is 4.98 Å². The lowest BCUT2D eigenvalue weighted by molar-refractivity contribution is -0.615. The SMILES string of the molecule is CC(C)Cc1c(=O)[nH]cc[n+]1[O-]. The van der Waals surface area contributed by atoms with E-state index in [1.54, 1.807) is 0 Å². The second-order valence-electron chi connectivity index (χ2n) is 3.16. The summed E-state index contributed by atoms with van der Waals surface area (Å²) in [7, 11) is 0. The van der Waals surface area contributed by atoms with Gasteiger partial charge in [0.15, 0.2) is 6.20 Å². The summed E-state index contributed by atoms with van der Waals surface area (Å²) in [6.45, 7) is 3.93. The molecule has 4 nitrogen and oxygen atoms in total. The Morgan fingerprint density at radius 1 is 1.67 bits per heavy atom. The van der Waals surface area contributed by atoms with Gasteiger partial charge in [0.25, 0.3) is 5.69 Å². The second-order valence-corrected chi connectivity index (χ2v) is 3.16. The van der Waals surface area contributed by atoms with E-state index in [9.17, 15) is 10.0 Å². The Bertz CT molecular complexity index is 317. The highest BCUT2D eigenvalue weighted by atomic mass is 16.5. The fourth-order valence-electron chi connectivity index (χ4n) is 1.02. The molecule has 1 rings (SSSR count). The third kappa shape index (κ3) is 1.84. The number of aromatic amines is 1. The predicted octanol–water partition coefficient (Wildman–Crippen LogP) is 0.207. The first-order valence-corrected chi connectivity index (χ1v) is 3.91. The molecule has 1 heterocycles. The van der Waals surface area contributed by atoms with E-state index < -0.39 is 0 Å². The van der Waals surface area contributed by atoms with Gasteiger partial charge in [-0.3, -0.25) is 4.79 Å². The van der Waals surface area contributed by atoms with Gasteiger partial charge < -0.3 is 10.2 Å². The monoisotopic (exact) mass is 168 g/mol. The summed E-state index contributed by atoms with van der Waals surface area (Å²) >= 11 is 0. The fraction of sp³-hybridized carbons (Fsp3) is 0.500. The molecule has 0 amide bonds. The lowest BCUT2D eigenvalue weighted by Gasteiger charge is -2.03. The molecule has 4 heteroatoms. The standard InChI is InChI=1S/C8H12N2O2/c1-6(2)5-7-8(11)9-3-4-10(7)12/h3-4,6H,5H2,1-2H3,(H,9,11). The second kappa shape index (κ2) is 3.38. The molecule has 0 aliphatic carbocycles. The highest BCUT2D eigenvalue weighted by molar-refractivity contribution is 4.89. The van der Waals surface area contributed by atoms with E-state index >= 15 is 0 Å². The van der Waals surface area contributed by atoms with E-state index in [0.717, 1.165) is 0 Å². The zero-order chi connectivity index (χ0) is 9.14. The Kier molecular flexibility index (Phi) is 2.47. The predicted molar refractivity (Wildman–Crippen MR) is 44.6 cm³/mol. The smallest absolute Gasteiger partial charge is 0.316 e. The maximum atomic E-state index is 11.1. The van der Waals surface area contributed by atoms with Crippen LogP contribution in [0, 0.1) is 11.1 Å². The van der Waals surface area contributed by atoms with Crippen LogP contribution in [0.3, 0.4) is 0 Å². The minimum Gasteiger partial charge on any atom is -0.618 e. The minimum absolute atomic E-state index is 0.285. The lowest BCUT2D eigenvalue weighted by Crippen LogP contribution is -2.39. The van der Waals surface area contributed by atoms with Gasteiger partial charge >= 0.3 is 5.56 Å². The Balaban J connectivity index is 3.05. The Hall–Kier alpha value is -1.32. The van der Waals surface area contributed by atoms with Crippen molar-refractivity contribution in [1.82, 2.24) is 4.98 Å². The van der Waals surface area contributed by atoms with Gasteiger partial charge in [-0.05, 0) is 5.92 Å². The van der Waals surface area contributed by atoms with Crippen molar-refractivity contribution in [2.24, 2.45) is 5.92 Å². The molecule has 0 fully saturated rings. The van der Waals surface area contributed by atoms with Crippen molar-refractivity contribution in [3.8, 4) is 0 Å². The zero-order valence-electron chi connectivity index (χ0n) is 7.20. The molecule has 0 atom stereocenters. The molecule has 0 saturated heterocycles. The van der Waals surface area contributed by atoms with Crippen LogP contribution in [0.1, 0.15) is 19.5 Å². The third-order valence-corrected chi connectivity index (χ3v) is 1.55. The topological polar surface area (TPSA) is 59.8 Å². The van der Waals surface area contributed by atoms with Crippen LogP contribution >= 0.6 is 0 Å². The van der Waals surface area contributed by atoms with Gasteiger partial charge in [-0.15, -0.1) is 0 Å². The van der Waals surface area contributed by atoms with E-state index in [-0.39, 0.29) is 11.3 Å². The molecule has 0 radical (unpaired) electrons. The first-order chi connectivity index (χ1) is 5.61. The number of nitrogens with one attached hydrogen (secondary N) is 1. The maximum Gasteiger partial charge on any atom is 0.316 e. The van der Waals surface area contributed by atoms with Crippen molar-refractivity contribution in [3.05, 3.63) is 33.6 Å². The number of H-pyrrole nitrogens is 1. The lowest BCUT2D eigenvalue weighted by atomic mass is 10.1. The number of aromatic nitrogens is 2. The van der Waals surface area contributed by atoms with Crippen LogP contribution < -0.4 is 10.3 Å². The number of hydrogen-bond donors (Lipinski definition) is 1. The van der Waals surface area contributed by atoms with E-state index in [1.165, 1.54) is 12.4 Å². The van der Waals surface area contributed by atoms with Gasteiger partial charge in [0, 0.05) is 6.42 Å². The molecule has 0 bridgehead atoms. The summed E-state index contributed by atoms with van der Waals surface area (Å²) in [5, 5.41) is 11.1. The summed E-state index contributed by atoms with van der Waals surface area (Å²) in [5.41, 5.74) is -0.00583. The highest BCUT2D eigenvalue weighted by Crippen LogP contribution is 1.97. The van der Waals surface area contributed by atoms with Crippen molar-refractivity contribution in [3.63, 3.8) is 0 Å². The first kappa shape index (κ1) is 8.77. The van der Waals surface area contributed by atoms with Crippen molar-refractivity contribution in [1.29, 1.82) is 0 Å². The summed E-state index contributed by atoms with van der Waals surface area (Å²) in [4.78, 5) is 13.6. The molecule has 1 aromatic rings. The fourth-order valence-corrected chi connectivity index (χ4v) is 1.02. The van der Waals surface area contributed by atoms with Crippen LogP contribution in [-0.2, 0) is 6.42 Å². The summed E-state index contributed by atoms with van der Waals surface area (Å²) in [5.74, 6) is 0.314. The van der Waals surface area contributed by atoms with Crippen LogP contribution in [0.15, 0.2) is 17.2 Å². The molecular formula is C8H12N2O2. The number of rotatable bonds is 2. The van der Waals surface area contributed by atoms with Gasteiger partial charge in [0.2, 0.25) is 0 Å². The molecule has 0 unspecified atom stereocenters. The van der Waals surface area contributed by atoms with Gasteiger partial charge in [0.1, 0.15) is 0 Å². The molecule has 12 heavy (non-hydrogen) atoms. The van der Waals surface area contributed by atoms with Crippen molar-refractivity contribution >= 4 is 0 Å². The molecule has 0 aliphatic heterocycles. The largest absolute Gasteiger partial charge is 0.618 e. The Morgan fingerprint density at radius 2 is 2.33 bits per heavy atom. The third-order valence-electron chi connectivity index (χ3n) is 1.55. The molecule has 1 N–H and O–H groups in total. The van der Waals surface area contributed by atoms with E-state index in [1.807, 2.05) is 13.8 Å². The van der Waals surface area contributed by atoms with Crippen molar-refractivity contribution in [2.45, 2.75) is 20.3 Å². The molecule has 0 saturated carbocycles. The minimum atomic E-state index is -0.291. The van der Waals surface area contributed by atoms with Crippen molar-refractivity contribution in [2.75, 3.05) is 0 Å². The molecule has 0 aromatic carbocycles. The average Bonchev–Trinajstić information content (AvgIpc) is 1.97. The van der Waals surface area contributed by atoms with E-state index in [0.29, 0.717) is 17.1 Å². The average molecular weight is 168 g/mol. The van der Waals surface area contributed by atoms with Crippen LogP contribution in [0.5, 0.6) is 0 Å². The zero-order valence-corrected chi connectivity index (χ0v) is 7.20. The number of nitrogens with zero attached hydrogens (tertiary/aromatic N) is 1. The summed E-state index contributed by atoms with van der Waals surface area (Å²) < 4.78 is 0.624. The van der Waals surface area contributed by atoms with Gasteiger partial charge in [0.05, 0.1) is 6.20 Å². The molecule has 1 aromatic heterocycles. The van der Waals surface area contributed by atoms with Crippen LogP contribution in [-0.4, -0.2) is 4.98 Å². The Labute approximate surface area is 70.5 Å². The van der Waals surface area contributed by atoms with Crippen molar-refractivity contribution < 1.29 is 4.73 Å². The molecular weight excluding hydrogens is 156 g/mol. The van der Waals surface area contributed by atoms with Gasteiger partial charge in [-0.2, -0.15) is 4.73 Å². The molecule has 0 aliphatic rings. The normalized spacial score (nSPS) is 10.6. The maximum absolute atomic E-state index is 11.1. The molecule has 0 spiro atoms. The quantitative estimate of drug-likeness (QED) is 0.506. The number of hydrogen-bond acceptors (Lipinski definition) is 2. The van der Waals surface area contributed by atoms with E-state index in [4.69, 9.17) is 0 Å². The van der Waals surface area contributed by atoms with Gasteiger partial charge in [-0.1, -0.05) is 13.8 Å². The van der Waals surface area contributed by atoms with Crippen LogP contribution in [0.25, 0.3) is 0 Å². The highest BCUT2D eigenvalue weighted by Gasteiger charge is 2.11. The van der Waals surface area contributed by atoms with Crippen LogP contribution in [0.2, 0.25) is 0 Å². The molecule has 66 valence electrons. The summed E-state index contributed by atoms with van der Waals surface area (Å²) in [6.07, 6.45) is 3.16. The Morgan fingerprint density at radius 3 is 2.83 bits per heavy atom. The van der Waals surface area contributed by atoms with Gasteiger partial charge in [-0.25, -0.2) is 0 Å².